The smallest absolute Gasteiger partial charge is 0.203 e. The van der Waals surface area contributed by atoms with E-state index >= 15 is 0 Å². The molecule has 3 aromatic carbocycles. The Morgan fingerprint density at radius 3 is 1.89 bits per heavy atom. The molecule has 1 N–H and O–H groups in total. The van der Waals surface area contributed by atoms with Crippen LogP contribution < -0.4 is 28.4 Å². The minimum absolute atomic E-state index is 0.204. The molecule has 8 heteroatoms. The van der Waals surface area contributed by atoms with Crippen molar-refractivity contribution < 1.29 is 33.5 Å². The van der Waals surface area contributed by atoms with Gasteiger partial charge in [0.05, 0.1) is 54.8 Å². The van der Waals surface area contributed by atoms with Crippen LogP contribution >= 0.6 is 0 Å². The van der Waals surface area contributed by atoms with E-state index < -0.39 is 6.10 Å². The molecule has 3 aromatic rings. The molecule has 1 aliphatic rings. The van der Waals surface area contributed by atoms with Crippen molar-refractivity contribution in [1.82, 2.24) is 4.90 Å². The third kappa shape index (κ3) is 5.26. The quantitative estimate of drug-likeness (QED) is 0.430. The second-order valence-corrected chi connectivity index (χ2v) is 8.80. The van der Waals surface area contributed by atoms with Crippen LogP contribution in [-0.4, -0.2) is 65.8 Å². The highest BCUT2D eigenvalue weighted by atomic mass is 16.5. The highest BCUT2D eigenvalue weighted by Gasteiger charge is 2.33. The molecule has 0 aromatic heterocycles. The number of rotatable bonds is 10. The maximum Gasteiger partial charge on any atom is 0.203 e. The molecular weight excluding hydrogens is 474 g/mol. The molecule has 1 heterocycles. The zero-order chi connectivity index (χ0) is 26.5. The second-order valence-electron chi connectivity index (χ2n) is 8.80. The van der Waals surface area contributed by atoms with Gasteiger partial charge in [-0.1, -0.05) is 12.1 Å². The van der Waals surface area contributed by atoms with Gasteiger partial charge < -0.3 is 33.5 Å². The lowest BCUT2D eigenvalue weighted by molar-refractivity contribution is 0.0918. The molecule has 0 aliphatic carbocycles. The molecule has 0 bridgehead atoms. The van der Waals surface area contributed by atoms with Crippen LogP contribution in [0.1, 0.15) is 34.4 Å². The minimum Gasteiger partial charge on any atom is -0.497 e. The Morgan fingerprint density at radius 2 is 1.35 bits per heavy atom. The summed E-state index contributed by atoms with van der Waals surface area (Å²) in [5.41, 5.74) is 4.00. The number of β-amino-alcohol motifs (C(OH)–C–C–N with tert-alkyl or cyclic N) is 1. The molecule has 198 valence electrons. The number of benzene rings is 3. The molecule has 0 unspecified atom stereocenters. The Balaban J connectivity index is 1.81. The van der Waals surface area contributed by atoms with Crippen molar-refractivity contribution in [2.75, 3.05) is 55.7 Å². The summed E-state index contributed by atoms with van der Waals surface area (Å²) in [4.78, 5) is 2.27. The van der Waals surface area contributed by atoms with Gasteiger partial charge in [0, 0.05) is 13.1 Å². The lowest BCUT2D eigenvalue weighted by atomic mass is 9.87. The van der Waals surface area contributed by atoms with Crippen LogP contribution in [0.3, 0.4) is 0 Å². The summed E-state index contributed by atoms with van der Waals surface area (Å²) in [7, 11) is 9.70. The molecule has 0 saturated heterocycles. The third-order valence-electron chi connectivity index (χ3n) is 6.88. The lowest BCUT2D eigenvalue weighted by Crippen LogP contribution is -2.39. The number of hydrogen-bond donors (Lipinski definition) is 1. The standard InChI is InChI=1S/C29H35NO7/c1-32-21-9-7-18(8-10-21)23(31)17-30-12-11-19-13-24(33-2)25(34-3)16-22(19)28(30)20-14-26(35-4)29(37-6)27(15-20)36-5/h7-10,13-16,23,28,31H,11-12,17H2,1-6H3/t23-,28+/m1/s1. The molecule has 0 saturated carbocycles. The highest BCUT2D eigenvalue weighted by molar-refractivity contribution is 5.58. The van der Waals surface area contributed by atoms with Gasteiger partial charge in [-0.25, -0.2) is 0 Å². The van der Waals surface area contributed by atoms with Crippen molar-refractivity contribution in [3.05, 3.63) is 70.8 Å². The van der Waals surface area contributed by atoms with Crippen molar-refractivity contribution in [3.63, 3.8) is 0 Å². The molecule has 0 radical (unpaired) electrons. The first-order valence-electron chi connectivity index (χ1n) is 12.1. The van der Waals surface area contributed by atoms with Crippen LogP contribution in [0.2, 0.25) is 0 Å². The number of aliphatic hydroxyl groups excluding tert-OH is 1. The van der Waals surface area contributed by atoms with Gasteiger partial charge in [-0.3, -0.25) is 4.90 Å². The van der Waals surface area contributed by atoms with Crippen molar-refractivity contribution >= 4 is 0 Å². The van der Waals surface area contributed by atoms with E-state index in [2.05, 4.69) is 4.90 Å². The van der Waals surface area contributed by atoms with E-state index in [0.717, 1.165) is 41.0 Å². The number of methoxy groups -OCH3 is 6. The van der Waals surface area contributed by atoms with Gasteiger partial charge in [0.15, 0.2) is 23.0 Å². The van der Waals surface area contributed by atoms with Gasteiger partial charge in [-0.05, 0) is 65.1 Å². The molecule has 2 atom stereocenters. The molecule has 8 nitrogen and oxygen atoms in total. The van der Waals surface area contributed by atoms with Gasteiger partial charge in [0.2, 0.25) is 5.75 Å². The van der Waals surface area contributed by atoms with Gasteiger partial charge in [-0.15, -0.1) is 0 Å². The number of fused-ring (bicyclic) bond motifs is 1. The van der Waals surface area contributed by atoms with E-state index in [-0.39, 0.29) is 6.04 Å². The summed E-state index contributed by atoms with van der Waals surface area (Å²) in [6.45, 7) is 1.15. The van der Waals surface area contributed by atoms with E-state index in [1.165, 1.54) is 0 Å². The van der Waals surface area contributed by atoms with E-state index in [1.54, 1.807) is 42.7 Å². The van der Waals surface area contributed by atoms with Crippen LogP contribution in [0.25, 0.3) is 0 Å². The zero-order valence-electron chi connectivity index (χ0n) is 22.2. The SMILES string of the molecule is COc1ccc([C@H](O)CN2CCc3cc(OC)c(OC)cc3[C@@H]2c2cc(OC)c(OC)c(OC)c2)cc1. The van der Waals surface area contributed by atoms with Crippen molar-refractivity contribution in [2.24, 2.45) is 0 Å². The predicted molar refractivity (Wildman–Crippen MR) is 141 cm³/mol. The fourth-order valence-corrected chi connectivity index (χ4v) is 5.00. The molecule has 0 amide bonds. The normalized spacial score (nSPS) is 15.9. The number of hydrogen-bond acceptors (Lipinski definition) is 8. The molecule has 4 rings (SSSR count). The Hall–Kier alpha value is -3.62. The summed E-state index contributed by atoms with van der Waals surface area (Å²) >= 11 is 0. The van der Waals surface area contributed by atoms with Crippen LogP contribution in [0.5, 0.6) is 34.5 Å². The molecule has 0 spiro atoms. The van der Waals surface area contributed by atoms with Crippen LogP contribution in [-0.2, 0) is 6.42 Å². The van der Waals surface area contributed by atoms with Crippen LogP contribution in [0, 0.1) is 0 Å². The van der Waals surface area contributed by atoms with E-state index in [9.17, 15) is 5.11 Å². The summed E-state index contributed by atoms with van der Waals surface area (Å²) in [6.07, 6.45) is 0.100. The summed E-state index contributed by atoms with van der Waals surface area (Å²) in [5.74, 6) is 3.76. The Morgan fingerprint density at radius 1 is 0.757 bits per heavy atom. The molecule has 0 fully saturated rings. The average molecular weight is 510 g/mol. The van der Waals surface area contributed by atoms with Crippen molar-refractivity contribution in [1.29, 1.82) is 0 Å². The van der Waals surface area contributed by atoms with Gasteiger partial charge in [0.25, 0.3) is 0 Å². The first-order valence-corrected chi connectivity index (χ1v) is 12.1. The number of nitrogens with zero attached hydrogens (tertiary/aromatic N) is 1. The average Bonchev–Trinajstić information content (AvgIpc) is 2.95. The number of aliphatic hydroxyl groups is 1. The zero-order valence-corrected chi connectivity index (χ0v) is 22.2. The molecule has 37 heavy (non-hydrogen) atoms. The third-order valence-corrected chi connectivity index (χ3v) is 6.88. The van der Waals surface area contributed by atoms with Crippen molar-refractivity contribution in [3.8, 4) is 34.5 Å². The van der Waals surface area contributed by atoms with Gasteiger partial charge >= 0.3 is 0 Å². The number of ether oxygens (including phenoxy) is 6. The van der Waals surface area contributed by atoms with E-state index in [0.29, 0.717) is 35.3 Å². The summed E-state index contributed by atoms with van der Waals surface area (Å²) in [6, 6.07) is 15.3. The van der Waals surface area contributed by atoms with Crippen LogP contribution in [0.4, 0.5) is 0 Å². The van der Waals surface area contributed by atoms with Gasteiger partial charge in [0.1, 0.15) is 5.75 Å². The monoisotopic (exact) mass is 509 g/mol. The summed E-state index contributed by atoms with van der Waals surface area (Å²) in [5, 5.41) is 11.2. The van der Waals surface area contributed by atoms with Crippen molar-refractivity contribution in [2.45, 2.75) is 18.6 Å². The Labute approximate surface area is 218 Å². The van der Waals surface area contributed by atoms with E-state index in [1.807, 2.05) is 48.5 Å². The Bertz CT molecular complexity index is 1190. The topological polar surface area (TPSA) is 78.9 Å². The van der Waals surface area contributed by atoms with E-state index in [4.69, 9.17) is 28.4 Å². The minimum atomic E-state index is -0.697. The first-order chi connectivity index (χ1) is 18.0. The largest absolute Gasteiger partial charge is 0.497 e. The van der Waals surface area contributed by atoms with Crippen LogP contribution in [0.15, 0.2) is 48.5 Å². The molecule has 1 aliphatic heterocycles. The van der Waals surface area contributed by atoms with Gasteiger partial charge in [-0.2, -0.15) is 0 Å². The first kappa shape index (κ1) is 26.4. The second kappa shape index (κ2) is 11.6. The lowest BCUT2D eigenvalue weighted by Gasteiger charge is -2.39. The predicted octanol–water partition coefficient (Wildman–Crippen LogP) is 4.42. The summed E-state index contributed by atoms with van der Waals surface area (Å²) < 4.78 is 33.4. The Kier molecular flexibility index (Phi) is 8.31. The maximum atomic E-state index is 11.2. The highest BCUT2D eigenvalue weighted by Crippen LogP contribution is 2.46. The fraction of sp³-hybridized carbons (Fsp3) is 0.379. The maximum absolute atomic E-state index is 11.2. The molecular formula is C29H35NO7. The fourth-order valence-electron chi connectivity index (χ4n) is 5.00.